The molecule has 0 saturated carbocycles. The van der Waals surface area contributed by atoms with Crippen LogP contribution in [0.5, 0.6) is 0 Å². The molecule has 28 heavy (non-hydrogen) atoms. The third-order valence-corrected chi connectivity index (χ3v) is 5.18. The van der Waals surface area contributed by atoms with Gasteiger partial charge in [-0.15, -0.1) is 0 Å². The van der Waals surface area contributed by atoms with Gasteiger partial charge in [-0.05, 0) is 19.1 Å². The van der Waals surface area contributed by atoms with Crippen molar-refractivity contribution in [3.8, 4) is 5.82 Å². The number of halogens is 2. The fraction of sp³-hybridized carbons (Fsp3) is 0.167. The smallest absolute Gasteiger partial charge is 0.226 e. The lowest BCUT2D eigenvalue weighted by atomic mass is 9.85. The molecule has 140 valence electrons. The van der Waals surface area contributed by atoms with E-state index in [9.17, 15) is 9.18 Å². The Morgan fingerprint density at radius 2 is 2.11 bits per heavy atom. The molecular formula is C18H13ClFN7O. The number of anilines is 1. The molecule has 1 atom stereocenters. The molecule has 4 aromatic rings. The summed E-state index contributed by atoms with van der Waals surface area (Å²) in [5, 5.41) is 7.68. The third-order valence-electron chi connectivity index (χ3n) is 4.85. The molecule has 10 heteroatoms. The highest BCUT2D eigenvalue weighted by Crippen LogP contribution is 2.43. The van der Waals surface area contributed by atoms with Crippen molar-refractivity contribution in [2.45, 2.75) is 19.3 Å². The maximum atomic E-state index is 14.6. The first kappa shape index (κ1) is 16.8. The van der Waals surface area contributed by atoms with E-state index in [1.807, 2.05) is 0 Å². The van der Waals surface area contributed by atoms with Gasteiger partial charge in [0.05, 0.1) is 12.0 Å². The number of aromatic amines is 1. The molecule has 1 aliphatic heterocycles. The molecule has 1 aliphatic rings. The van der Waals surface area contributed by atoms with Crippen LogP contribution in [-0.2, 0) is 4.79 Å². The summed E-state index contributed by atoms with van der Waals surface area (Å²) in [6.45, 7) is 1.81. The van der Waals surface area contributed by atoms with E-state index < -0.39 is 11.7 Å². The van der Waals surface area contributed by atoms with Gasteiger partial charge >= 0.3 is 0 Å². The summed E-state index contributed by atoms with van der Waals surface area (Å²) in [7, 11) is 0. The number of nitrogens with zero attached hydrogens (tertiary/aromatic N) is 5. The molecule has 3 aromatic heterocycles. The number of hydrogen-bond acceptors (Lipinski definition) is 5. The first-order valence-corrected chi connectivity index (χ1v) is 8.90. The van der Waals surface area contributed by atoms with Crippen molar-refractivity contribution in [1.82, 2.24) is 29.7 Å². The number of aryl methyl sites for hydroxylation is 1. The van der Waals surface area contributed by atoms with Crippen molar-refractivity contribution in [2.24, 2.45) is 0 Å². The number of carbonyl (C=O) groups excluding carboxylic acids is 1. The van der Waals surface area contributed by atoms with Gasteiger partial charge in [0.15, 0.2) is 11.5 Å². The Balaban J connectivity index is 1.76. The largest absolute Gasteiger partial charge is 0.340 e. The van der Waals surface area contributed by atoms with Crippen molar-refractivity contribution in [3.05, 3.63) is 58.5 Å². The lowest BCUT2D eigenvalue weighted by molar-refractivity contribution is -0.116. The van der Waals surface area contributed by atoms with Gasteiger partial charge < -0.3 is 10.3 Å². The lowest BCUT2D eigenvalue weighted by Crippen LogP contribution is -2.25. The van der Waals surface area contributed by atoms with E-state index in [2.05, 4.69) is 30.4 Å². The number of fused-ring (bicyclic) bond motifs is 2. The zero-order valence-electron chi connectivity index (χ0n) is 14.6. The van der Waals surface area contributed by atoms with E-state index in [0.717, 1.165) is 0 Å². The number of rotatable bonds is 2. The zero-order chi connectivity index (χ0) is 19.4. The molecule has 0 saturated heterocycles. The van der Waals surface area contributed by atoms with Gasteiger partial charge in [-0.2, -0.15) is 9.78 Å². The van der Waals surface area contributed by atoms with Crippen LogP contribution in [0.25, 0.3) is 17.0 Å². The van der Waals surface area contributed by atoms with Gasteiger partial charge in [-0.25, -0.2) is 19.3 Å². The summed E-state index contributed by atoms with van der Waals surface area (Å²) in [6, 6.07) is 4.49. The molecule has 4 heterocycles. The first-order valence-electron chi connectivity index (χ1n) is 8.52. The minimum absolute atomic E-state index is 0.0728. The van der Waals surface area contributed by atoms with Gasteiger partial charge in [0, 0.05) is 28.5 Å². The zero-order valence-corrected chi connectivity index (χ0v) is 15.3. The van der Waals surface area contributed by atoms with E-state index >= 15 is 0 Å². The van der Waals surface area contributed by atoms with Crippen molar-refractivity contribution in [2.75, 3.05) is 5.32 Å². The van der Waals surface area contributed by atoms with Gasteiger partial charge in [0.1, 0.15) is 23.5 Å². The van der Waals surface area contributed by atoms with Crippen LogP contribution in [-0.4, -0.2) is 35.6 Å². The van der Waals surface area contributed by atoms with Crippen LogP contribution in [0.2, 0.25) is 5.02 Å². The molecule has 0 fully saturated rings. The Morgan fingerprint density at radius 3 is 2.93 bits per heavy atom. The summed E-state index contributed by atoms with van der Waals surface area (Å²) < 4.78 is 16.1. The molecular weight excluding hydrogens is 385 g/mol. The van der Waals surface area contributed by atoms with Crippen molar-refractivity contribution >= 4 is 34.5 Å². The van der Waals surface area contributed by atoms with Crippen LogP contribution >= 0.6 is 11.6 Å². The van der Waals surface area contributed by atoms with Crippen LogP contribution in [0.15, 0.2) is 30.9 Å². The van der Waals surface area contributed by atoms with E-state index in [-0.39, 0.29) is 22.9 Å². The second-order valence-electron chi connectivity index (χ2n) is 6.50. The summed E-state index contributed by atoms with van der Waals surface area (Å²) in [4.78, 5) is 28.0. The van der Waals surface area contributed by atoms with Gasteiger partial charge in [0.2, 0.25) is 5.91 Å². The Labute approximate surface area is 162 Å². The summed E-state index contributed by atoms with van der Waals surface area (Å²) in [5.74, 6) is -0.387. The lowest BCUT2D eigenvalue weighted by Gasteiger charge is -2.25. The van der Waals surface area contributed by atoms with E-state index in [1.165, 1.54) is 29.5 Å². The number of nitrogens with one attached hydrogen (secondary N) is 2. The van der Waals surface area contributed by atoms with Crippen molar-refractivity contribution < 1.29 is 9.18 Å². The number of imidazole rings is 1. The fourth-order valence-corrected chi connectivity index (χ4v) is 4.00. The normalized spacial score (nSPS) is 16.2. The molecule has 0 aliphatic carbocycles. The quantitative estimate of drug-likeness (QED) is 0.541. The van der Waals surface area contributed by atoms with Crippen molar-refractivity contribution in [3.63, 3.8) is 0 Å². The van der Waals surface area contributed by atoms with Crippen molar-refractivity contribution in [1.29, 1.82) is 0 Å². The van der Waals surface area contributed by atoms with Crippen LogP contribution in [0.3, 0.4) is 0 Å². The Hall–Kier alpha value is -3.33. The Bertz CT molecular complexity index is 1230. The van der Waals surface area contributed by atoms with Crippen LogP contribution < -0.4 is 5.32 Å². The van der Waals surface area contributed by atoms with Crippen LogP contribution in [0.4, 0.5) is 10.2 Å². The topological polar surface area (TPSA) is 101 Å². The predicted molar refractivity (Wildman–Crippen MR) is 100 cm³/mol. The number of benzene rings is 1. The molecule has 8 nitrogen and oxygen atoms in total. The molecule has 2 N–H and O–H groups in total. The van der Waals surface area contributed by atoms with Crippen LogP contribution in [0, 0.1) is 12.7 Å². The Kier molecular flexibility index (Phi) is 3.66. The average Bonchev–Trinajstić information content (AvgIpc) is 3.26. The summed E-state index contributed by atoms with van der Waals surface area (Å²) >= 11 is 6.28. The monoisotopic (exact) mass is 397 g/mol. The Morgan fingerprint density at radius 1 is 1.25 bits per heavy atom. The second-order valence-corrected chi connectivity index (χ2v) is 6.91. The molecule has 1 amide bonds. The van der Waals surface area contributed by atoms with E-state index in [0.29, 0.717) is 34.1 Å². The van der Waals surface area contributed by atoms with Gasteiger partial charge in [-0.1, -0.05) is 17.7 Å². The molecule has 0 bridgehead atoms. The molecule has 5 rings (SSSR count). The molecule has 1 aromatic carbocycles. The average molecular weight is 398 g/mol. The highest BCUT2D eigenvalue weighted by Gasteiger charge is 2.35. The van der Waals surface area contributed by atoms with Gasteiger partial charge in [0.25, 0.3) is 0 Å². The molecule has 0 radical (unpaired) electrons. The number of hydrogen-bond donors (Lipinski definition) is 2. The minimum Gasteiger partial charge on any atom is -0.340 e. The predicted octanol–water partition coefficient (Wildman–Crippen LogP) is 3.11. The number of H-pyrrole nitrogens is 1. The highest BCUT2D eigenvalue weighted by atomic mass is 35.5. The van der Waals surface area contributed by atoms with E-state index in [1.54, 1.807) is 13.0 Å². The standard InChI is InChI=1S/C18H13ClFN7O/c1-8-13-9(14-10(19)3-2-4-11(14)20)5-12(28)25-17(13)27(26-8)18-15-16(22-6-21-15)23-7-24-18/h2-4,6-7,9H,5H2,1H3,(H,25,28)(H,21,22,23,24)/t9-/m1/s1. The molecule has 0 unspecified atom stereocenters. The fourth-order valence-electron chi connectivity index (χ4n) is 3.70. The molecule has 0 spiro atoms. The first-order chi connectivity index (χ1) is 13.5. The number of amides is 1. The third kappa shape index (κ3) is 2.40. The van der Waals surface area contributed by atoms with E-state index in [4.69, 9.17) is 11.6 Å². The maximum absolute atomic E-state index is 14.6. The second kappa shape index (κ2) is 6.10. The van der Waals surface area contributed by atoms with Gasteiger partial charge in [-0.3, -0.25) is 4.79 Å². The SMILES string of the molecule is Cc1nn(-c2ncnc3nc[nH]c23)c2c1[C@H](c1c(F)cccc1Cl)CC(=O)N2. The maximum Gasteiger partial charge on any atom is 0.226 e. The number of aromatic nitrogens is 6. The summed E-state index contributed by atoms with van der Waals surface area (Å²) in [5.41, 5.74) is 2.69. The van der Waals surface area contributed by atoms with Crippen LogP contribution in [0.1, 0.15) is 29.2 Å². The summed E-state index contributed by atoms with van der Waals surface area (Å²) in [6.07, 6.45) is 2.95. The number of carbonyl (C=O) groups is 1. The minimum atomic E-state index is -0.551. The highest BCUT2D eigenvalue weighted by molar-refractivity contribution is 6.31.